The minimum absolute atomic E-state index is 0.0712. The van der Waals surface area contributed by atoms with Crippen molar-refractivity contribution in [3.05, 3.63) is 87.7 Å². The van der Waals surface area contributed by atoms with Gasteiger partial charge >= 0.3 is 0 Å². The van der Waals surface area contributed by atoms with Gasteiger partial charge in [-0.15, -0.1) is 0 Å². The van der Waals surface area contributed by atoms with Gasteiger partial charge in [0.15, 0.2) is 16.7 Å². The molecule has 166 valence electrons. The highest BCUT2D eigenvalue weighted by molar-refractivity contribution is 7.99. The topological polar surface area (TPSA) is 82.5 Å². The molecule has 5 rings (SSSR count). The number of ether oxygens (including phenoxy) is 2. The van der Waals surface area contributed by atoms with E-state index in [0.29, 0.717) is 44.8 Å². The number of anilines is 1. The summed E-state index contributed by atoms with van der Waals surface area (Å²) in [6.07, 6.45) is 0. The minimum Gasteiger partial charge on any atom is -0.454 e. The summed E-state index contributed by atoms with van der Waals surface area (Å²) in [4.78, 5) is 30.5. The van der Waals surface area contributed by atoms with Crippen molar-refractivity contribution in [1.29, 1.82) is 0 Å². The molecule has 0 spiro atoms. The predicted molar refractivity (Wildman–Crippen MR) is 128 cm³/mol. The first kappa shape index (κ1) is 21.4. The third kappa shape index (κ3) is 4.67. The lowest BCUT2D eigenvalue weighted by Crippen LogP contribution is -2.25. The first-order chi connectivity index (χ1) is 16.1. The number of nitrogens with zero attached hydrogens (tertiary/aromatic N) is 2. The Bertz CT molecular complexity index is 1410. The van der Waals surface area contributed by atoms with Gasteiger partial charge in [-0.1, -0.05) is 53.7 Å². The molecule has 7 nitrogen and oxygen atoms in total. The summed E-state index contributed by atoms with van der Waals surface area (Å²) >= 11 is 7.31. The summed E-state index contributed by atoms with van der Waals surface area (Å²) in [5.74, 6) is 1.07. The number of hydrogen-bond acceptors (Lipinski definition) is 6. The molecule has 9 heteroatoms. The van der Waals surface area contributed by atoms with Crippen LogP contribution in [-0.2, 0) is 11.3 Å². The second kappa shape index (κ2) is 9.17. The van der Waals surface area contributed by atoms with Crippen molar-refractivity contribution >= 4 is 45.9 Å². The number of halogens is 1. The number of hydrogen-bond donors (Lipinski definition) is 1. The van der Waals surface area contributed by atoms with Crippen molar-refractivity contribution in [2.24, 2.45) is 0 Å². The molecule has 1 amide bonds. The number of fused-ring (bicyclic) bond motifs is 2. The Balaban J connectivity index is 1.40. The van der Waals surface area contributed by atoms with Crippen LogP contribution >= 0.6 is 23.4 Å². The lowest BCUT2D eigenvalue weighted by Gasteiger charge is -2.13. The molecule has 0 saturated carbocycles. The number of carbonyl (C=O) groups is 1. The Morgan fingerprint density at radius 2 is 1.88 bits per heavy atom. The van der Waals surface area contributed by atoms with Crippen molar-refractivity contribution in [3.63, 3.8) is 0 Å². The number of carbonyl (C=O) groups excluding carboxylic acids is 1. The predicted octanol–water partition coefficient (Wildman–Crippen LogP) is 4.56. The zero-order valence-electron chi connectivity index (χ0n) is 17.3. The molecule has 0 unspecified atom stereocenters. The maximum atomic E-state index is 13.2. The van der Waals surface area contributed by atoms with Gasteiger partial charge in [-0.25, -0.2) is 4.98 Å². The van der Waals surface area contributed by atoms with Crippen LogP contribution in [0.1, 0.15) is 5.56 Å². The quantitative estimate of drug-likeness (QED) is 0.322. The molecule has 1 aromatic heterocycles. The van der Waals surface area contributed by atoms with Crippen LogP contribution in [0.5, 0.6) is 11.5 Å². The molecule has 4 aromatic rings. The Morgan fingerprint density at radius 1 is 1.06 bits per heavy atom. The molecule has 2 heterocycles. The highest BCUT2D eigenvalue weighted by atomic mass is 35.5. The van der Waals surface area contributed by atoms with E-state index in [4.69, 9.17) is 21.1 Å². The van der Waals surface area contributed by atoms with Gasteiger partial charge in [0.05, 0.1) is 23.2 Å². The smallest absolute Gasteiger partial charge is 0.262 e. The average molecular weight is 480 g/mol. The van der Waals surface area contributed by atoms with E-state index in [1.54, 1.807) is 41.0 Å². The van der Waals surface area contributed by atoms with Crippen LogP contribution in [0.4, 0.5) is 5.69 Å². The Kier molecular flexibility index (Phi) is 5.93. The molecular weight excluding hydrogens is 462 g/mol. The van der Waals surface area contributed by atoms with Gasteiger partial charge in [0, 0.05) is 16.8 Å². The van der Waals surface area contributed by atoms with Crippen molar-refractivity contribution in [2.75, 3.05) is 17.9 Å². The maximum Gasteiger partial charge on any atom is 0.262 e. The molecule has 3 aromatic carbocycles. The van der Waals surface area contributed by atoms with Crippen LogP contribution < -0.4 is 20.3 Å². The second-order valence-corrected chi connectivity index (χ2v) is 8.72. The van der Waals surface area contributed by atoms with Crippen LogP contribution in [0.3, 0.4) is 0 Å². The largest absolute Gasteiger partial charge is 0.454 e. The molecule has 0 aliphatic carbocycles. The molecular formula is C24H18ClN3O4S. The summed E-state index contributed by atoms with van der Waals surface area (Å²) in [6.45, 7) is 0.510. The Morgan fingerprint density at radius 3 is 2.73 bits per heavy atom. The van der Waals surface area contributed by atoms with E-state index < -0.39 is 0 Å². The minimum atomic E-state index is -0.231. The maximum absolute atomic E-state index is 13.2. The van der Waals surface area contributed by atoms with Crippen molar-refractivity contribution in [3.8, 4) is 11.5 Å². The fraction of sp³-hybridized carbons (Fsp3) is 0.125. The second-order valence-electron chi connectivity index (χ2n) is 7.34. The molecule has 1 N–H and O–H groups in total. The third-order valence-electron chi connectivity index (χ3n) is 5.05. The molecule has 0 fully saturated rings. The van der Waals surface area contributed by atoms with Gasteiger partial charge < -0.3 is 14.8 Å². The molecule has 0 radical (unpaired) electrons. The molecule has 0 saturated heterocycles. The van der Waals surface area contributed by atoms with Gasteiger partial charge in [-0.2, -0.15) is 0 Å². The van der Waals surface area contributed by atoms with Gasteiger partial charge in [0.25, 0.3) is 5.56 Å². The van der Waals surface area contributed by atoms with E-state index in [0.717, 1.165) is 5.56 Å². The molecule has 1 aliphatic rings. The van der Waals surface area contributed by atoms with Gasteiger partial charge in [-0.05, 0) is 35.9 Å². The highest BCUT2D eigenvalue weighted by Gasteiger charge is 2.16. The number of aromatic nitrogens is 2. The third-order valence-corrected chi connectivity index (χ3v) is 6.27. The van der Waals surface area contributed by atoms with Crippen LogP contribution in [0.15, 0.2) is 76.7 Å². The van der Waals surface area contributed by atoms with E-state index in [9.17, 15) is 9.59 Å². The Hall–Kier alpha value is -3.49. The summed E-state index contributed by atoms with van der Waals surface area (Å²) in [5, 5.41) is 4.25. The summed E-state index contributed by atoms with van der Waals surface area (Å²) < 4.78 is 12.2. The van der Waals surface area contributed by atoms with Gasteiger partial charge in [-0.3, -0.25) is 14.2 Å². The van der Waals surface area contributed by atoms with Crippen LogP contribution in [0.25, 0.3) is 10.9 Å². The number of amides is 1. The van der Waals surface area contributed by atoms with E-state index in [-0.39, 0.29) is 24.0 Å². The Labute approximate surface area is 198 Å². The first-order valence-corrected chi connectivity index (χ1v) is 11.5. The number of thioether (sulfide) groups is 1. The zero-order valence-corrected chi connectivity index (χ0v) is 18.9. The van der Waals surface area contributed by atoms with Crippen molar-refractivity contribution < 1.29 is 14.3 Å². The standard InChI is InChI=1S/C24H18ClN3O4S/c25-16-6-8-18-19(10-16)27-24(28(23(18)30)12-15-4-2-1-3-5-15)33-13-22(29)26-17-7-9-20-21(11-17)32-14-31-20/h1-11H,12-14H2,(H,26,29). The fourth-order valence-corrected chi connectivity index (χ4v) is 4.46. The van der Waals surface area contributed by atoms with Gasteiger partial charge in [0.2, 0.25) is 12.7 Å². The van der Waals surface area contributed by atoms with E-state index >= 15 is 0 Å². The van der Waals surface area contributed by atoms with E-state index in [2.05, 4.69) is 10.3 Å². The van der Waals surface area contributed by atoms with Crippen molar-refractivity contribution in [2.45, 2.75) is 11.7 Å². The van der Waals surface area contributed by atoms with Crippen LogP contribution in [0, 0.1) is 0 Å². The summed E-state index contributed by atoms with van der Waals surface area (Å²) in [6, 6.07) is 19.9. The SMILES string of the molecule is O=C(CSc1nc2cc(Cl)ccc2c(=O)n1Cc1ccccc1)Nc1ccc2c(c1)OCO2. The van der Waals surface area contributed by atoms with Crippen LogP contribution in [0.2, 0.25) is 5.02 Å². The molecule has 0 bridgehead atoms. The number of nitrogens with one attached hydrogen (secondary N) is 1. The van der Waals surface area contributed by atoms with E-state index in [1.165, 1.54) is 11.8 Å². The lowest BCUT2D eigenvalue weighted by atomic mass is 10.2. The lowest BCUT2D eigenvalue weighted by molar-refractivity contribution is -0.113. The monoisotopic (exact) mass is 479 g/mol. The summed E-state index contributed by atoms with van der Waals surface area (Å²) in [5.41, 5.74) is 1.88. The molecule has 0 atom stereocenters. The van der Waals surface area contributed by atoms with E-state index in [1.807, 2.05) is 30.3 Å². The number of benzene rings is 3. The number of rotatable bonds is 6. The first-order valence-electron chi connectivity index (χ1n) is 10.1. The average Bonchev–Trinajstić information content (AvgIpc) is 3.28. The summed E-state index contributed by atoms with van der Waals surface area (Å²) in [7, 11) is 0. The zero-order chi connectivity index (χ0) is 22.8. The van der Waals surface area contributed by atoms with Crippen molar-refractivity contribution in [1.82, 2.24) is 9.55 Å². The van der Waals surface area contributed by atoms with Crippen LogP contribution in [-0.4, -0.2) is 28.0 Å². The molecule has 33 heavy (non-hydrogen) atoms. The normalized spacial score (nSPS) is 12.2. The fourth-order valence-electron chi connectivity index (χ4n) is 3.49. The van der Waals surface area contributed by atoms with Gasteiger partial charge in [0.1, 0.15) is 0 Å². The highest BCUT2D eigenvalue weighted by Crippen LogP contribution is 2.34. The molecule has 1 aliphatic heterocycles.